The topological polar surface area (TPSA) is 16.4 Å². The second-order valence-corrected chi connectivity index (χ2v) is 7.60. The Hall–Kier alpha value is -2.46. The Bertz CT molecular complexity index is 1030. The summed E-state index contributed by atoms with van der Waals surface area (Å²) in [5.41, 5.74) is 5.02. The molecule has 0 atom stereocenters. The van der Waals surface area contributed by atoms with Crippen molar-refractivity contribution in [3.63, 3.8) is 0 Å². The molecular formula is C22H23N2OS+. The molecule has 2 heterocycles. The summed E-state index contributed by atoms with van der Waals surface area (Å²) < 4.78 is 7.71. The summed E-state index contributed by atoms with van der Waals surface area (Å²) in [5, 5.41) is 2.44. The van der Waals surface area contributed by atoms with E-state index >= 15 is 0 Å². The van der Waals surface area contributed by atoms with E-state index in [1.54, 1.807) is 7.11 Å². The summed E-state index contributed by atoms with van der Waals surface area (Å²) in [7, 11) is 3.85. The van der Waals surface area contributed by atoms with Gasteiger partial charge < -0.3 is 9.64 Å². The van der Waals surface area contributed by atoms with Crippen LogP contribution in [0.2, 0.25) is 0 Å². The van der Waals surface area contributed by atoms with Gasteiger partial charge in [0.15, 0.2) is 0 Å². The first kappa shape index (κ1) is 17.0. The van der Waals surface area contributed by atoms with Crippen molar-refractivity contribution >= 4 is 34.4 Å². The highest BCUT2D eigenvalue weighted by Crippen LogP contribution is 2.45. The van der Waals surface area contributed by atoms with Gasteiger partial charge in [0.25, 0.3) is 0 Å². The maximum absolute atomic E-state index is 5.36. The Morgan fingerprint density at radius 2 is 1.96 bits per heavy atom. The molecule has 0 unspecified atom stereocenters. The SMILES string of the molecule is CC[n+]1c(C=C2Sc3ccc(C)cc3N2C)ccc2cc(OC)ccc21. The van der Waals surface area contributed by atoms with Crippen molar-refractivity contribution in [2.75, 3.05) is 19.1 Å². The van der Waals surface area contributed by atoms with Gasteiger partial charge in [0.2, 0.25) is 11.2 Å². The van der Waals surface area contributed by atoms with Gasteiger partial charge in [-0.15, -0.1) is 0 Å². The third kappa shape index (κ3) is 2.84. The molecule has 0 bridgehead atoms. The number of hydrogen-bond donors (Lipinski definition) is 0. The average Bonchev–Trinajstić information content (AvgIpc) is 2.96. The van der Waals surface area contributed by atoms with Gasteiger partial charge in [-0.3, -0.25) is 0 Å². The summed E-state index contributed by atoms with van der Waals surface area (Å²) in [6.07, 6.45) is 2.28. The van der Waals surface area contributed by atoms with Crippen LogP contribution in [0.4, 0.5) is 5.69 Å². The lowest BCUT2D eigenvalue weighted by Gasteiger charge is -2.13. The van der Waals surface area contributed by atoms with E-state index < -0.39 is 0 Å². The molecule has 4 heteroatoms. The zero-order valence-electron chi connectivity index (χ0n) is 15.6. The van der Waals surface area contributed by atoms with Crippen LogP contribution in [-0.2, 0) is 6.54 Å². The van der Waals surface area contributed by atoms with Crippen LogP contribution >= 0.6 is 11.8 Å². The lowest BCUT2D eigenvalue weighted by molar-refractivity contribution is -0.669. The quantitative estimate of drug-likeness (QED) is 0.609. The van der Waals surface area contributed by atoms with E-state index in [1.165, 1.54) is 37.8 Å². The van der Waals surface area contributed by atoms with E-state index in [0.29, 0.717) is 0 Å². The van der Waals surface area contributed by atoms with Crippen molar-refractivity contribution < 1.29 is 9.30 Å². The van der Waals surface area contributed by atoms with Gasteiger partial charge in [0.05, 0.1) is 23.2 Å². The highest BCUT2D eigenvalue weighted by atomic mass is 32.2. The number of rotatable bonds is 3. The minimum Gasteiger partial charge on any atom is -0.497 e. The molecule has 0 spiro atoms. The molecule has 26 heavy (non-hydrogen) atoms. The summed E-state index contributed by atoms with van der Waals surface area (Å²) in [4.78, 5) is 3.60. The number of fused-ring (bicyclic) bond motifs is 2. The fraction of sp³-hybridized carbons (Fsp3) is 0.227. The lowest BCUT2D eigenvalue weighted by Crippen LogP contribution is -2.36. The molecule has 3 nitrogen and oxygen atoms in total. The van der Waals surface area contributed by atoms with Gasteiger partial charge in [-0.2, -0.15) is 4.57 Å². The summed E-state index contributed by atoms with van der Waals surface area (Å²) in [6, 6.07) is 17.3. The van der Waals surface area contributed by atoms with Crippen molar-refractivity contribution in [1.82, 2.24) is 0 Å². The van der Waals surface area contributed by atoms with Crippen LogP contribution in [0.15, 0.2) is 58.5 Å². The summed E-state index contributed by atoms with van der Waals surface area (Å²) >= 11 is 1.83. The number of aromatic nitrogens is 1. The van der Waals surface area contributed by atoms with E-state index in [4.69, 9.17) is 4.74 Å². The molecule has 0 saturated carbocycles. The zero-order chi connectivity index (χ0) is 18.3. The molecular weight excluding hydrogens is 340 g/mol. The van der Waals surface area contributed by atoms with Gasteiger partial charge in [-0.1, -0.05) is 17.8 Å². The van der Waals surface area contributed by atoms with E-state index in [1.807, 2.05) is 17.8 Å². The smallest absolute Gasteiger partial charge is 0.213 e. The Morgan fingerprint density at radius 3 is 2.73 bits per heavy atom. The van der Waals surface area contributed by atoms with E-state index in [0.717, 1.165) is 12.3 Å². The normalized spacial score (nSPS) is 14.9. The zero-order valence-corrected chi connectivity index (χ0v) is 16.4. The molecule has 0 amide bonds. The molecule has 0 N–H and O–H groups in total. The first-order valence-corrected chi connectivity index (χ1v) is 9.67. The average molecular weight is 364 g/mol. The monoisotopic (exact) mass is 363 g/mol. The van der Waals surface area contributed by atoms with Crippen molar-refractivity contribution in [3.8, 4) is 5.75 Å². The van der Waals surface area contributed by atoms with E-state index in [2.05, 4.69) is 78.9 Å². The largest absolute Gasteiger partial charge is 0.497 e. The van der Waals surface area contributed by atoms with E-state index in [9.17, 15) is 0 Å². The maximum Gasteiger partial charge on any atom is 0.213 e. The van der Waals surface area contributed by atoms with Crippen molar-refractivity contribution in [1.29, 1.82) is 0 Å². The van der Waals surface area contributed by atoms with Crippen LogP contribution in [-0.4, -0.2) is 14.2 Å². The number of nitrogens with zero attached hydrogens (tertiary/aromatic N) is 2. The van der Waals surface area contributed by atoms with Crippen LogP contribution in [0, 0.1) is 6.92 Å². The van der Waals surface area contributed by atoms with Gasteiger partial charge in [-0.25, -0.2) is 0 Å². The van der Waals surface area contributed by atoms with E-state index in [-0.39, 0.29) is 0 Å². The summed E-state index contributed by atoms with van der Waals surface area (Å²) in [5.74, 6) is 0.892. The van der Waals surface area contributed by atoms with Crippen molar-refractivity contribution in [2.45, 2.75) is 25.3 Å². The van der Waals surface area contributed by atoms with Gasteiger partial charge in [0, 0.05) is 30.2 Å². The number of anilines is 1. The minimum absolute atomic E-state index is 0.892. The Balaban J connectivity index is 1.79. The third-order valence-corrected chi connectivity index (χ3v) is 6.05. The molecule has 2 aromatic carbocycles. The van der Waals surface area contributed by atoms with Gasteiger partial charge >= 0.3 is 0 Å². The molecule has 0 radical (unpaired) electrons. The fourth-order valence-corrected chi connectivity index (χ4v) is 4.53. The lowest BCUT2D eigenvalue weighted by atomic mass is 10.1. The number of methoxy groups -OCH3 is 1. The van der Waals surface area contributed by atoms with Crippen LogP contribution in [0.1, 0.15) is 18.2 Å². The maximum atomic E-state index is 5.36. The van der Waals surface area contributed by atoms with Gasteiger partial charge in [0.1, 0.15) is 12.3 Å². The molecule has 0 fully saturated rings. The molecule has 0 aliphatic carbocycles. The molecule has 4 rings (SSSR count). The first-order valence-electron chi connectivity index (χ1n) is 8.85. The van der Waals surface area contributed by atoms with Crippen LogP contribution in [0.3, 0.4) is 0 Å². The highest BCUT2D eigenvalue weighted by Gasteiger charge is 2.24. The number of pyridine rings is 1. The third-order valence-electron chi connectivity index (χ3n) is 4.88. The highest BCUT2D eigenvalue weighted by molar-refractivity contribution is 8.03. The van der Waals surface area contributed by atoms with Crippen LogP contribution in [0.25, 0.3) is 17.0 Å². The number of aryl methyl sites for hydroxylation is 2. The Labute approximate surface area is 158 Å². The molecule has 3 aromatic rings. The fourth-order valence-electron chi connectivity index (χ4n) is 3.45. The Morgan fingerprint density at radius 1 is 1.12 bits per heavy atom. The molecule has 132 valence electrons. The Kier molecular flexibility index (Phi) is 4.37. The first-order chi connectivity index (χ1) is 12.6. The molecule has 1 aliphatic rings. The molecule has 0 saturated heterocycles. The second-order valence-electron chi connectivity index (χ2n) is 6.54. The predicted octanol–water partition coefficient (Wildman–Crippen LogP) is 5.00. The van der Waals surface area contributed by atoms with Crippen molar-refractivity contribution in [2.24, 2.45) is 0 Å². The van der Waals surface area contributed by atoms with Crippen molar-refractivity contribution in [3.05, 3.63) is 64.8 Å². The number of hydrogen-bond acceptors (Lipinski definition) is 3. The number of ether oxygens (including phenoxy) is 1. The number of thioether (sulfide) groups is 1. The van der Waals surface area contributed by atoms with Crippen LogP contribution < -0.4 is 14.2 Å². The van der Waals surface area contributed by atoms with Gasteiger partial charge in [-0.05, 0) is 49.7 Å². The molecule has 1 aromatic heterocycles. The number of benzene rings is 2. The standard InChI is InChI=1S/C22H23N2OS/c1-5-24-17(8-7-16-13-18(25-4)9-10-19(16)24)14-22-23(3)20-12-15(2)6-11-21(20)26-22/h6-14H,5H2,1-4H3/q+1. The molecule has 1 aliphatic heterocycles. The minimum atomic E-state index is 0.892. The second kappa shape index (κ2) is 6.69. The van der Waals surface area contributed by atoms with Crippen LogP contribution in [0.5, 0.6) is 5.75 Å². The summed E-state index contributed by atoms with van der Waals surface area (Å²) in [6.45, 7) is 5.25. The predicted molar refractivity (Wildman–Crippen MR) is 110 cm³/mol.